The number of aromatic carboxylic acids is 1. The molecule has 0 saturated heterocycles. The van der Waals surface area contributed by atoms with Crippen molar-refractivity contribution >= 4 is 23.1 Å². The van der Waals surface area contributed by atoms with Crippen molar-refractivity contribution in [1.82, 2.24) is 4.98 Å². The van der Waals surface area contributed by atoms with Crippen molar-refractivity contribution in [2.75, 3.05) is 0 Å². The Labute approximate surface area is 126 Å². The van der Waals surface area contributed by atoms with Crippen molar-refractivity contribution in [3.8, 4) is 0 Å². The molecule has 0 radical (unpaired) electrons. The molecule has 3 rings (SSSR count). The Hall–Kier alpha value is -2.01. The summed E-state index contributed by atoms with van der Waals surface area (Å²) in [6.45, 7) is 1.39. The fraction of sp³-hybridized carbons (Fsp3) is 0.312. The van der Waals surface area contributed by atoms with Gasteiger partial charge in [-0.3, -0.25) is 4.79 Å². The Kier molecular flexibility index (Phi) is 3.37. The second-order valence-corrected chi connectivity index (χ2v) is 6.36. The molecule has 1 aromatic heterocycles. The molecule has 1 heterocycles. The highest BCUT2D eigenvalue weighted by Gasteiger charge is 2.44. The minimum absolute atomic E-state index is 0.107. The van der Waals surface area contributed by atoms with E-state index in [0.717, 1.165) is 29.8 Å². The summed E-state index contributed by atoms with van der Waals surface area (Å²) < 4.78 is 0. The number of carbonyl (C=O) groups excluding carboxylic acids is 1. The Morgan fingerprint density at radius 3 is 2.33 bits per heavy atom. The summed E-state index contributed by atoms with van der Waals surface area (Å²) in [6, 6.07) is 10.0. The van der Waals surface area contributed by atoms with E-state index < -0.39 is 5.97 Å². The van der Waals surface area contributed by atoms with Gasteiger partial charge in [-0.1, -0.05) is 36.8 Å². The normalized spacial score (nSPS) is 16.2. The fourth-order valence-electron chi connectivity index (χ4n) is 2.82. The van der Waals surface area contributed by atoms with E-state index in [1.807, 2.05) is 18.2 Å². The summed E-state index contributed by atoms with van der Waals surface area (Å²) in [5, 5.41) is 10.00. The van der Waals surface area contributed by atoms with Crippen LogP contribution < -0.4 is 0 Å². The van der Waals surface area contributed by atoms with Crippen LogP contribution >= 0.6 is 11.3 Å². The molecular weight excluding hydrogens is 286 g/mol. The monoisotopic (exact) mass is 301 g/mol. The van der Waals surface area contributed by atoms with Crippen LogP contribution in [0.15, 0.2) is 30.3 Å². The van der Waals surface area contributed by atoms with Crippen LogP contribution in [0.1, 0.15) is 56.9 Å². The van der Waals surface area contributed by atoms with Crippen molar-refractivity contribution in [3.63, 3.8) is 0 Å². The van der Waals surface area contributed by atoms with Gasteiger partial charge in [0.2, 0.25) is 0 Å². The number of hydrogen-bond donors (Lipinski definition) is 1. The molecule has 1 fully saturated rings. The number of carbonyl (C=O) groups is 2. The second kappa shape index (κ2) is 5.07. The van der Waals surface area contributed by atoms with Crippen LogP contribution in [0.25, 0.3) is 0 Å². The Bertz CT molecular complexity index is 670. The van der Waals surface area contributed by atoms with Crippen molar-refractivity contribution in [2.45, 2.75) is 31.6 Å². The molecule has 0 spiro atoms. The van der Waals surface area contributed by atoms with E-state index in [2.05, 4.69) is 17.1 Å². The number of benzene rings is 1. The number of hydrogen-bond acceptors (Lipinski definition) is 4. The van der Waals surface area contributed by atoms with E-state index in [9.17, 15) is 14.7 Å². The third kappa shape index (κ3) is 2.17. The van der Waals surface area contributed by atoms with Gasteiger partial charge >= 0.3 is 5.97 Å². The third-order valence-corrected chi connectivity index (χ3v) is 5.45. The number of rotatable bonds is 4. The van der Waals surface area contributed by atoms with Gasteiger partial charge < -0.3 is 5.11 Å². The molecule has 0 amide bonds. The number of carboxylic acid groups (broad SMARTS) is 1. The number of carboxylic acids is 1. The predicted octanol–water partition coefficient (Wildman–Crippen LogP) is 3.51. The highest BCUT2D eigenvalue weighted by Crippen LogP contribution is 2.50. The molecule has 2 aromatic rings. The Balaban J connectivity index is 2.13. The zero-order valence-electron chi connectivity index (χ0n) is 11.6. The summed E-state index contributed by atoms with van der Waals surface area (Å²) in [4.78, 5) is 27.5. The quantitative estimate of drug-likeness (QED) is 0.877. The van der Waals surface area contributed by atoms with Crippen molar-refractivity contribution in [3.05, 3.63) is 51.5 Å². The molecule has 1 N–H and O–H groups in total. The average Bonchev–Trinajstić information content (AvgIpc) is 2.84. The number of Topliss-reactive ketones (excluding diaryl/α,β-unsaturated/α-hetero) is 1. The zero-order valence-corrected chi connectivity index (χ0v) is 12.4. The van der Waals surface area contributed by atoms with E-state index in [-0.39, 0.29) is 21.8 Å². The summed E-state index contributed by atoms with van der Waals surface area (Å²) in [5.41, 5.74) is 0.825. The van der Waals surface area contributed by atoms with E-state index >= 15 is 0 Å². The van der Waals surface area contributed by atoms with Gasteiger partial charge in [-0.2, -0.15) is 0 Å². The van der Waals surface area contributed by atoms with Gasteiger partial charge in [-0.25, -0.2) is 9.78 Å². The molecule has 1 aliphatic rings. The van der Waals surface area contributed by atoms with Gasteiger partial charge in [0.05, 0.1) is 0 Å². The van der Waals surface area contributed by atoms with Gasteiger partial charge in [0.25, 0.3) is 0 Å². The number of ketones is 1. The lowest BCUT2D eigenvalue weighted by Gasteiger charge is -2.40. The summed E-state index contributed by atoms with van der Waals surface area (Å²) >= 11 is 1.23. The van der Waals surface area contributed by atoms with Crippen molar-refractivity contribution in [1.29, 1.82) is 0 Å². The van der Waals surface area contributed by atoms with Crippen LogP contribution in [-0.2, 0) is 5.41 Å². The number of aromatic nitrogens is 1. The lowest BCUT2D eigenvalue weighted by molar-refractivity contribution is 0.0686. The van der Waals surface area contributed by atoms with Gasteiger partial charge in [0.15, 0.2) is 11.5 Å². The first kappa shape index (κ1) is 13.9. The van der Waals surface area contributed by atoms with E-state index in [0.29, 0.717) is 0 Å². The molecule has 0 unspecified atom stereocenters. The smallest absolute Gasteiger partial charge is 0.356 e. The highest BCUT2D eigenvalue weighted by atomic mass is 32.1. The summed E-state index contributed by atoms with van der Waals surface area (Å²) in [5.74, 6) is -1.37. The first-order valence-electron chi connectivity index (χ1n) is 6.86. The molecular formula is C16H15NO3S. The van der Waals surface area contributed by atoms with Crippen molar-refractivity contribution < 1.29 is 14.7 Å². The minimum Gasteiger partial charge on any atom is -0.476 e. The predicted molar refractivity (Wildman–Crippen MR) is 80.2 cm³/mol. The van der Waals surface area contributed by atoms with Crippen molar-refractivity contribution in [2.24, 2.45) is 0 Å². The lowest BCUT2D eigenvalue weighted by Crippen LogP contribution is -2.35. The van der Waals surface area contributed by atoms with E-state index in [1.54, 1.807) is 0 Å². The molecule has 1 aromatic carbocycles. The maximum Gasteiger partial charge on any atom is 0.356 e. The van der Waals surface area contributed by atoms with Gasteiger partial charge in [-0.15, -0.1) is 11.3 Å². The molecule has 5 heteroatoms. The maximum absolute atomic E-state index is 11.7. The molecule has 0 bridgehead atoms. The molecule has 108 valence electrons. The standard InChI is InChI=1S/C16H15NO3S/c1-10(18)13-12(14(19)20)17-15(21-13)16(8-5-9-16)11-6-3-2-4-7-11/h2-4,6-7H,5,8-9H2,1H3,(H,19,20). The second-order valence-electron chi connectivity index (χ2n) is 5.36. The van der Waals surface area contributed by atoms with Crippen LogP contribution in [0, 0.1) is 0 Å². The molecule has 0 atom stereocenters. The molecule has 4 nitrogen and oxygen atoms in total. The maximum atomic E-state index is 11.7. The first-order valence-corrected chi connectivity index (χ1v) is 7.67. The molecule has 0 aliphatic heterocycles. The van der Waals surface area contributed by atoms with Crippen LogP contribution in [0.4, 0.5) is 0 Å². The van der Waals surface area contributed by atoms with E-state index in [4.69, 9.17) is 0 Å². The Morgan fingerprint density at radius 1 is 1.24 bits per heavy atom. The van der Waals surface area contributed by atoms with E-state index in [1.165, 1.54) is 18.3 Å². The SMILES string of the molecule is CC(=O)c1sc(C2(c3ccccc3)CCC2)nc1C(=O)O. The van der Waals surface area contributed by atoms with Gasteiger partial charge in [-0.05, 0) is 18.4 Å². The fourth-order valence-corrected chi connectivity index (χ4v) is 4.04. The van der Waals surface area contributed by atoms with Crippen LogP contribution in [0.5, 0.6) is 0 Å². The largest absolute Gasteiger partial charge is 0.476 e. The highest BCUT2D eigenvalue weighted by molar-refractivity contribution is 7.14. The Morgan fingerprint density at radius 2 is 1.90 bits per heavy atom. The summed E-state index contributed by atoms with van der Waals surface area (Å²) in [7, 11) is 0. The first-order chi connectivity index (χ1) is 10.0. The summed E-state index contributed by atoms with van der Waals surface area (Å²) in [6.07, 6.45) is 2.98. The third-order valence-electron chi connectivity index (χ3n) is 4.09. The molecule has 1 saturated carbocycles. The minimum atomic E-state index is -1.13. The van der Waals surface area contributed by atoms with Crippen LogP contribution in [-0.4, -0.2) is 21.8 Å². The van der Waals surface area contributed by atoms with Gasteiger partial charge in [0, 0.05) is 12.3 Å². The number of thiazole rings is 1. The molecule has 1 aliphatic carbocycles. The molecule has 21 heavy (non-hydrogen) atoms. The number of nitrogens with zero attached hydrogens (tertiary/aromatic N) is 1. The lowest BCUT2D eigenvalue weighted by atomic mass is 9.65. The average molecular weight is 301 g/mol. The zero-order chi connectivity index (χ0) is 15.0. The van der Waals surface area contributed by atoms with Crippen LogP contribution in [0.3, 0.4) is 0 Å². The van der Waals surface area contributed by atoms with Crippen LogP contribution in [0.2, 0.25) is 0 Å². The van der Waals surface area contributed by atoms with Gasteiger partial charge in [0.1, 0.15) is 9.88 Å². The topological polar surface area (TPSA) is 67.3 Å².